The molecule has 0 spiro atoms. The number of hydrogen-bond acceptors (Lipinski definition) is 3. The van der Waals surface area contributed by atoms with Crippen LogP contribution in [-0.4, -0.2) is 19.3 Å². The molecule has 104 valence electrons. The molecule has 0 radical (unpaired) electrons. The summed E-state index contributed by atoms with van der Waals surface area (Å²) in [7, 11) is 1.31. The van der Waals surface area contributed by atoms with E-state index in [-0.39, 0.29) is 17.1 Å². The summed E-state index contributed by atoms with van der Waals surface area (Å²) < 4.78 is 46.9. The molecule has 1 aromatic carbocycles. The van der Waals surface area contributed by atoms with Crippen molar-refractivity contribution in [1.29, 1.82) is 0 Å². The lowest BCUT2D eigenvalue weighted by molar-refractivity contribution is -0.132. The number of esters is 1. The molecule has 0 atom stereocenters. The Hall–Kier alpha value is -1.69. The van der Waals surface area contributed by atoms with Crippen LogP contribution < -0.4 is 9.47 Å². The molecule has 19 heavy (non-hydrogen) atoms. The van der Waals surface area contributed by atoms with Crippen LogP contribution in [0, 0.1) is 0 Å². The van der Waals surface area contributed by atoms with Gasteiger partial charge in [-0.15, -0.1) is 0 Å². The van der Waals surface area contributed by atoms with Crippen molar-refractivity contribution in [3.8, 4) is 11.5 Å². The highest BCUT2D eigenvalue weighted by atomic mass is 35.5. The van der Waals surface area contributed by atoms with Gasteiger partial charge >= 0.3 is 12.1 Å². The van der Waals surface area contributed by atoms with Crippen LogP contribution in [0.1, 0.15) is 12.5 Å². The number of halogens is 4. The van der Waals surface area contributed by atoms with E-state index < -0.39 is 17.2 Å². The van der Waals surface area contributed by atoms with E-state index in [1.807, 2.05) is 0 Å². The number of hydrogen-bond donors (Lipinski definition) is 0. The first-order valence-electron chi connectivity index (χ1n) is 5.05. The van der Waals surface area contributed by atoms with Gasteiger partial charge in [0.05, 0.1) is 7.11 Å². The van der Waals surface area contributed by atoms with Gasteiger partial charge in [0.15, 0.2) is 11.5 Å². The van der Waals surface area contributed by atoms with E-state index in [4.69, 9.17) is 21.1 Å². The number of allylic oxidation sites excluding steroid dienone is 1. The van der Waals surface area contributed by atoms with Crippen LogP contribution in [0.4, 0.5) is 13.2 Å². The largest absolute Gasteiger partial charge is 0.493 e. The number of para-hydroxylation sites is 1. The van der Waals surface area contributed by atoms with Crippen molar-refractivity contribution in [1.82, 2.24) is 0 Å². The van der Waals surface area contributed by atoms with Gasteiger partial charge in [0.25, 0.3) is 0 Å². The van der Waals surface area contributed by atoms with Gasteiger partial charge in [0.2, 0.25) is 0 Å². The maximum absolute atomic E-state index is 12.4. The Morgan fingerprint density at radius 2 is 2.00 bits per heavy atom. The number of alkyl halides is 3. The summed E-state index contributed by atoms with van der Waals surface area (Å²) in [5.74, 6) is -0.655. The van der Waals surface area contributed by atoms with Crippen molar-refractivity contribution in [3.63, 3.8) is 0 Å². The maximum atomic E-state index is 12.4. The van der Waals surface area contributed by atoms with Gasteiger partial charge in [0.1, 0.15) is 5.03 Å². The van der Waals surface area contributed by atoms with Crippen LogP contribution in [0.5, 0.6) is 11.5 Å². The van der Waals surface area contributed by atoms with Gasteiger partial charge in [0, 0.05) is 12.5 Å². The molecule has 1 rings (SSSR count). The molecule has 0 bridgehead atoms. The first-order chi connectivity index (χ1) is 8.75. The van der Waals surface area contributed by atoms with Gasteiger partial charge in [-0.3, -0.25) is 4.79 Å². The molecule has 0 unspecified atom stereocenters. The van der Waals surface area contributed by atoms with Crippen LogP contribution >= 0.6 is 11.6 Å². The third-order valence-electron chi connectivity index (χ3n) is 2.03. The minimum absolute atomic E-state index is 0.00289. The van der Waals surface area contributed by atoms with Crippen LogP contribution in [-0.2, 0) is 4.79 Å². The molecule has 0 aliphatic carbocycles. The van der Waals surface area contributed by atoms with Crippen molar-refractivity contribution < 1.29 is 27.4 Å². The number of methoxy groups -OCH3 is 1. The molecular weight excluding hydrogens is 285 g/mol. The highest BCUT2D eigenvalue weighted by Crippen LogP contribution is 2.36. The lowest BCUT2D eigenvalue weighted by Crippen LogP contribution is -2.08. The van der Waals surface area contributed by atoms with Crippen LogP contribution in [0.3, 0.4) is 0 Å². The van der Waals surface area contributed by atoms with Gasteiger partial charge in [-0.25, -0.2) is 0 Å². The quantitative estimate of drug-likeness (QED) is 0.629. The summed E-state index contributed by atoms with van der Waals surface area (Å²) in [5.41, 5.74) is -0.00289. The van der Waals surface area contributed by atoms with Gasteiger partial charge < -0.3 is 9.47 Å². The zero-order valence-electron chi connectivity index (χ0n) is 10.0. The van der Waals surface area contributed by atoms with Crippen LogP contribution in [0.25, 0.3) is 6.08 Å². The average molecular weight is 295 g/mol. The Labute approximate surface area is 112 Å². The molecule has 0 aliphatic heterocycles. The molecule has 0 saturated heterocycles. The molecule has 0 saturated carbocycles. The van der Waals surface area contributed by atoms with Gasteiger partial charge in [-0.1, -0.05) is 23.7 Å². The molecule has 7 heteroatoms. The third kappa shape index (κ3) is 4.17. The predicted octanol–water partition coefficient (Wildman–Crippen LogP) is 3.76. The second-order valence-corrected chi connectivity index (χ2v) is 3.87. The number of carbonyl (C=O) groups is 1. The minimum atomic E-state index is -4.67. The second kappa shape index (κ2) is 5.97. The van der Waals surface area contributed by atoms with Crippen molar-refractivity contribution in [2.45, 2.75) is 13.1 Å². The zero-order chi connectivity index (χ0) is 14.6. The SMILES string of the molecule is COc1cccc(/C=C(\Cl)C(F)(F)F)c1OC(C)=O. The molecule has 0 amide bonds. The summed E-state index contributed by atoms with van der Waals surface area (Å²) in [6, 6.07) is 4.24. The van der Waals surface area contributed by atoms with Crippen LogP contribution in [0.2, 0.25) is 0 Å². The normalized spacial score (nSPS) is 12.2. The minimum Gasteiger partial charge on any atom is -0.493 e. The molecule has 0 N–H and O–H groups in total. The monoisotopic (exact) mass is 294 g/mol. The molecular formula is C12H10ClF3O3. The van der Waals surface area contributed by atoms with E-state index in [0.717, 1.165) is 6.92 Å². The summed E-state index contributed by atoms with van der Waals surface area (Å²) in [6.07, 6.45) is -4.00. The van der Waals surface area contributed by atoms with E-state index in [0.29, 0.717) is 6.08 Å². The second-order valence-electron chi connectivity index (χ2n) is 3.46. The average Bonchev–Trinajstić information content (AvgIpc) is 2.29. The highest BCUT2D eigenvalue weighted by Gasteiger charge is 2.32. The highest BCUT2D eigenvalue weighted by molar-refractivity contribution is 6.32. The number of ether oxygens (including phenoxy) is 2. The van der Waals surface area contributed by atoms with Crippen LogP contribution in [0.15, 0.2) is 23.2 Å². The molecule has 3 nitrogen and oxygen atoms in total. The van der Waals surface area contributed by atoms with Crippen molar-refractivity contribution in [2.24, 2.45) is 0 Å². The van der Waals surface area contributed by atoms with E-state index in [2.05, 4.69) is 0 Å². The molecule has 0 aromatic heterocycles. The van der Waals surface area contributed by atoms with Crippen molar-refractivity contribution >= 4 is 23.6 Å². The Morgan fingerprint density at radius 3 is 2.47 bits per heavy atom. The Bertz CT molecular complexity index is 509. The summed E-state index contributed by atoms with van der Waals surface area (Å²) in [6.45, 7) is 1.13. The number of rotatable bonds is 3. The topological polar surface area (TPSA) is 35.5 Å². The van der Waals surface area contributed by atoms with E-state index >= 15 is 0 Å². The fourth-order valence-electron chi connectivity index (χ4n) is 1.28. The summed E-state index contributed by atoms with van der Waals surface area (Å²) >= 11 is 5.15. The molecule has 0 fully saturated rings. The first-order valence-corrected chi connectivity index (χ1v) is 5.43. The summed E-state index contributed by atoms with van der Waals surface area (Å²) in [4.78, 5) is 11.0. The molecule has 0 aliphatic rings. The van der Waals surface area contributed by atoms with Crippen molar-refractivity contribution in [3.05, 3.63) is 28.8 Å². The Kier molecular flexibility index (Phi) is 4.83. The fourth-order valence-corrected chi connectivity index (χ4v) is 1.40. The van der Waals surface area contributed by atoms with Crippen molar-refractivity contribution in [2.75, 3.05) is 7.11 Å². The smallest absolute Gasteiger partial charge is 0.426 e. The lowest BCUT2D eigenvalue weighted by atomic mass is 10.1. The molecule has 0 heterocycles. The van der Waals surface area contributed by atoms with Gasteiger partial charge in [-0.2, -0.15) is 13.2 Å². The van der Waals surface area contributed by atoms with E-state index in [1.54, 1.807) is 0 Å². The lowest BCUT2D eigenvalue weighted by Gasteiger charge is -2.11. The third-order valence-corrected chi connectivity index (χ3v) is 2.35. The number of carbonyl (C=O) groups excluding carboxylic acids is 1. The van der Waals surface area contributed by atoms with E-state index in [1.165, 1.54) is 25.3 Å². The van der Waals surface area contributed by atoms with Gasteiger partial charge in [-0.05, 0) is 12.1 Å². The predicted molar refractivity (Wildman–Crippen MR) is 64.2 cm³/mol. The number of benzene rings is 1. The molecule has 1 aromatic rings. The zero-order valence-corrected chi connectivity index (χ0v) is 10.8. The Morgan fingerprint density at radius 1 is 1.37 bits per heavy atom. The summed E-state index contributed by atoms with van der Waals surface area (Å²) in [5, 5.41) is -1.32. The Balaban J connectivity index is 3.31. The fraction of sp³-hybridized carbons (Fsp3) is 0.250. The standard InChI is InChI=1S/C12H10ClF3O3/c1-7(17)19-11-8(4-3-5-9(11)18-2)6-10(13)12(14,15)16/h3-6H,1-2H3/b10-6-. The maximum Gasteiger partial charge on any atom is 0.426 e. The van der Waals surface area contributed by atoms with E-state index in [9.17, 15) is 18.0 Å². The first kappa shape index (κ1) is 15.4.